The van der Waals surface area contributed by atoms with Gasteiger partial charge in [-0.15, -0.1) is 0 Å². The van der Waals surface area contributed by atoms with Crippen LogP contribution < -0.4 is 9.64 Å². The minimum absolute atomic E-state index is 0.0912. The normalized spacial score (nSPS) is 29.0. The summed E-state index contributed by atoms with van der Waals surface area (Å²) in [5.74, 6) is -0.228. The summed E-state index contributed by atoms with van der Waals surface area (Å²) in [7, 11) is 2.21. The molecule has 3 fully saturated rings. The van der Waals surface area contributed by atoms with E-state index in [1.54, 1.807) is 0 Å². The maximum Gasteiger partial charge on any atom is 0.318 e. The van der Waals surface area contributed by atoms with Gasteiger partial charge in [-0.05, 0) is 62.3 Å². The van der Waals surface area contributed by atoms with Crippen LogP contribution in [0.2, 0.25) is 5.02 Å². The van der Waals surface area contributed by atoms with Crippen LogP contribution in [0.3, 0.4) is 0 Å². The predicted molar refractivity (Wildman–Crippen MR) is 167 cm³/mol. The number of anilines is 1. The Labute approximate surface area is 263 Å². The van der Waals surface area contributed by atoms with Gasteiger partial charge in [-0.3, -0.25) is 9.69 Å². The number of allylic oxidation sites excluding steroid dienone is 1. The molecule has 2 aliphatic heterocycles. The number of likely N-dealkylation sites (N-methyl/N-ethyl adjacent to an activating group) is 1. The molecule has 5 aliphatic rings. The number of fused-ring (bicyclic) bond motifs is 4. The average Bonchev–Trinajstić information content (AvgIpc) is 3.71. The fourth-order valence-electron chi connectivity index (χ4n) is 8.53. The number of carbonyl (C=O) groups excluding carboxylic acids is 1. The summed E-state index contributed by atoms with van der Waals surface area (Å²) in [5.41, 5.74) is 4.13. The first-order valence-electron chi connectivity index (χ1n) is 15.8. The molecule has 0 bridgehead atoms. The van der Waals surface area contributed by atoms with Gasteiger partial charge < -0.3 is 14.5 Å². The summed E-state index contributed by atoms with van der Waals surface area (Å²) in [5, 5.41) is 10.3. The number of hydrogen-bond acceptors (Lipinski definition) is 7. The first kappa shape index (κ1) is 29.2. The lowest BCUT2D eigenvalue weighted by Gasteiger charge is -2.42. The lowest BCUT2D eigenvalue weighted by Crippen LogP contribution is -2.55. The number of ether oxygens (including phenoxy) is 1. The Balaban J connectivity index is 1.21. The molecule has 5 atom stereocenters. The third-order valence-electron chi connectivity index (χ3n) is 10.8. The summed E-state index contributed by atoms with van der Waals surface area (Å²) < 4.78 is 20.3. The van der Waals surface area contributed by atoms with E-state index in [0.717, 1.165) is 52.8 Å². The van der Waals surface area contributed by atoms with Gasteiger partial charge in [-0.1, -0.05) is 48.9 Å². The maximum atomic E-state index is 13.8. The number of amides is 1. The summed E-state index contributed by atoms with van der Waals surface area (Å²) >= 11 is 6.58. The van der Waals surface area contributed by atoms with Crippen molar-refractivity contribution in [1.29, 1.82) is 5.26 Å². The van der Waals surface area contributed by atoms with Crippen molar-refractivity contribution in [2.45, 2.75) is 74.9 Å². The van der Waals surface area contributed by atoms with E-state index in [9.17, 15) is 14.4 Å². The molecule has 1 amide bonds. The van der Waals surface area contributed by atoms with Crippen LogP contribution in [0.1, 0.15) is 60.9 Å². The van der Waals surface area contributed by atoms with E-state index in [-0.39, 0.29) is 18.4 Å². The van der Waals surface area contributed by atoms with Crippen LogP contribution in [0.4, 0.5) is 10.2 Å². The van der Waals surface area contributed by atoms with Gasteiger partial charge in [0.1, 0.15) is 12.4 Å². The monoisotopic (exact) mass is 616 g/mol. The van der Waals surface area contributed by atoms with Gasteiger partial charge in [0.15, 0.2) is 5.83 Å². The van der Waals surface area contributed by atoms with E-state index in [1.165, 1.54) is 29.7 Å². The zero-order chi connectivity index (χ0) is 30.6. The van der Waals surface area contributed by atoms with Crippen molar-refractivity contribution in [3.05, 3.63) is 64.1 Å². The zero-order valence-electron chi connectivity index (χ0n) is 25.1. The van der Waals surface area contributed by atoms with E-state index in [1.807, 2.05) is 12.1 Å². The number of hydrogen-bond donors (Lipinski definition) is 0. The number of halogens is 2. The van der Waals surface area contributed by atoms with E-state index in [2.05, 4.69) is 47.7 Å². The first-order valence-corrected chi connectivity index (χ1v) is 16.2. The largest absolute Gasteiger partial charge is 0.462 e. The summed E-state index contributed by atoms with van der Waals surface area (Å²) in [6.07, 6.45) is 11.8. The van der Waals surface area contributed by atoms with Crippen molar-refractivity contribution in [3.63, 3.8) is 0 Å². The number of carbonyl (C=O) groups is 1. The fourth-order valence-corrected chi connectivity index (χ4v) is 8.76. The smallest absolute Gasteiger partial charge is 0.318 e. The Morgan fingerprint density at radius 3 is 2.93 bits per heavy atom. The lowest BCUT2D eigenvalue weighted by molar-refractivity contribution is -0.131. The first-order chi connectivity index (χ1) is 21.3. The number of likely N-dealkylation sites (tertiary alicyclic amines) is 1. The molecule has 1 spiro atoms. The second kappa shape index (κ2) is 11.5. The van der Waals surface area contributed by atoms with Crippen LogP contribution in [0.5, 0.6) is 6.01 Å². The molecule has 7 rings (SSSR count). The van der Waals surface area contributed by atoms with Gasteiger partial charge in [-0.25, -0.2) is 4.39 Å². The molecule has 8 nitrogen and oxygen atoms in total. The van der Waals surface area contributed by atoms with Gasteiger partial charge >= 0.3 is 6.01 Å². The Morgan fingerprint density at radius 1 is 1.27 bits per heavy atom. The SMILES string of the molecule is C=C(F)C(=O)N1CCN(c2nc(OC[C@@H]3CC4CCCC4N3C)nc3c2CC[C@@]2(C=Cc4c(Cl)cccc42)C3)C[C@@H]1CC#N. The molecule has 2 aromatic rings. The van der Waals surface area contributed by atoms with Crippen molar-refractivity contribution in [2.75, 3.05) is 38.2 Å². The molecule has 0 radical (unpaired) electrons. The molecule has 1 saturated carbocycles. The van der Waals surface area contributed by atoms with Crippen molar-refractivity contribution in [1.82, 2.24) is 19.8 Å². The maximum absolute atomic E-state index is 13.8. The number of piperazine rings is 1. The third-order valence-corrected chi connectivity index (χ3v) is 11.1. The van der Waals surface area contributed by atoms with Crippen molar-refractivity contribution < 1.29 is 13.9 Å². The minimum atomic E-state index is -1.01. The molecular weight excluding hydrogens is 579 g/mol. The predicted octanol–water partition coefficient (Wildman–Crippen LogP) is 5.25. The standard InChI is InChI=1S/C34H38ClFN6O2/c1-21(36)32(43)42-16-15-41(19-23(42)11-14-37)31-26-10-13-34(12-9-25-27(34)6-4-7-28(25)35)18-29(26)38-33(39-31)44-20-24-17-22-5-3-8-30(22)40(24)2/h4,6-7,9,12,22-24,30H,1,3,5,8,10-11,13,15-20H2,2H3/t22?,23-,24-,30?,34-/m0/s1. The molecule has 3 aliphatic carbocycles. The van der Waals surface area contributed by atoms with Crippen LogP contribution in [0.25, 0.3) is 6.08 Å². The van der Waals surface area contributed by atoms with E-state index >= 15 is 0 Å². The highest BCUT2D eigenvalue weighted by molar-refractivity contribution is 6.32. The Hall–Kier alpha value is -3.48. The highest BCUT2D eigenvalue weighted by Gasteiger charge is 2.43. The molecule has 2 unspecified atom stereocenters. The van der Waals surface area contributed by atoms with E-state index in [0.29, 0.717) is 44.2 Å². The molecule has 1 aromatic heterocycles. The Kier molecular flexibility index (Phi) is 7.62. The van der Waals surface area contributed by atoms with Crippen LogP contribution in [-0.4, -0.2) is 77.1 Å². The highest BCUT2D eigenvalue weighted by atomic mass is 35.5. The molecule has 2 saturated heterocycles. The molecule has 10 heteroatoms. The number of rotatable bonds is 6. The van der Waals surface area contributed by atoms with Crippen molar-refractivity contribution >= 4 is 29.4 Å². The van der Waals surface area contributed by atoms with Gasteiger partial charge in [0, 0.05) is 54.1 Å². The summed E-state index contributed by atoms with van der Waals surface area (Å²) in [6, 6.07) is 9.14. The second-order valence-corrected chi connectivity index (χ2v) is 13.5. The molecular formula is C34H38ClFN6O2. The quantitative estimate of drug-likeness (QED) is 0.410. The number of nitrogens with zero attached hydrogens (tertiary/aromatic N) is 6. The Bertz CT molecular complexity index is 1570. The molecule has 0 N–H and O–H groups in total. The van der Waals surface area contributed by atoms with Crippen LogP contribution in [0.15, 0.2) is 36.7 Å². The number of benzene rings is 1. The van der Waals surface area contributed by atoms with Gasteiger partial charge in [-0.2, -0.15) is 15.2 Å². The highest BCUT2D eigenvalue weighted by Crippen LogP contribution is 2.48. The number of nitriles is 1. The molecule has 230 valence electrons. The van der Waals surface area contributed by atoms with Crippen molar-refractivity contribution in [2.24, 2.45) is 5.92 Å². The second-order valence-electron chi connectivity index (χ2n) is 13.1. The van der Waals surface area contributed by atoms with Crippen molar-refractivity contribution in [3.8, 4) is 12.1 Å². The lowest BCUT2D eigenvalue weighted by atomic mass is 9.70. The summed E-state index contributed by atoms with van der Waals surface area (Å²) in [4.78, 5) is 28.6. The van der Waals surface area contributed by atoms with Gasteiger partial charge in [0.2, 0.25) is 0 Å². The van der Waals surface area contributed by atoms with Crippen LogP contribution >= 0.6 is 11.6 Å². The fraction of sp³-hybridized carbons (Fsp3) is 0.529. The van der Waals surface area contributed by atoms with Gasteiger partial charge in [0.25, 0.3) is 5.91 Å². The van der Waals surface area contributed by atoms with E-state index < -0.39 is 17.8 Å². The van der Waals surface area contributed by atoms with Crippen LogP contribution in [-0.2, 0) is 23.1 Å². The van der Waals surface area contributed by atoms with Crippen LogP contribution in [0, 0.1) is 17.2 Å². The minimum Gasteiger partial charge on any atom is -0.462 e. The average molecular weight is 617 g/mol. The zero-order valence-corrected chi connectivity index (χ0v) is 25.9. The summed E-state index contributed by atoms with van der Waals surface area (Å²) in [6.45, 7) is 4.83. The van der Waals surface area contributed by atoms with E-state index in [4.69, 9.17) is 26.3 Å². The molecule has 3 heterocycles. The molecule has 44 heavy (non-hydrogen) atoms. The topological polar surface area (TPSA) is 85.6 Å². The third kappa shape index (κ3) is 4.96. The Morgan fingerprint density at radius 2 is 2.14 bits per heavy atom. The van der Waals surface area contributed by atoms with Gasteiger partial charge in [0.05, 0.1) is 24.2 Å². The molecule has 1 aromatic carbocycles. The number of aromatic nitrogens is 2.